The van der Waals surface area contributed by atoms with E-state index in [1.807, 2.05) is 0 Å². The lowest BCUT2D eigenvalue weighted by Gasteiger charge is -2.11. The van der Waals surface area contributed by atoms with Crippen molar-refractivity contribution in [1.29, 1.82) is 0 Å². The smallest absolute Gasteiger partial charge is 0.332 e. The van der Waals surface area contributed by atoms with Gasteiger partial charge in [0.05, 0.1) is 13.0 Å². The summed E-state index contributed by atoms with van der Waals surface area (Å²) in [5, 5.41) is 18.1. The Morgan fingerprint density at radius 2 is 1.70 bits per heavy atom. The second-order valence-corrected chi connectivity index (χ2v) is 4.87. The Balaban J connectivity index is 3.04. The highest BCUT2D eigenvalue weighted by molar-refractivity contribution is 6.00. The summed E-state index contributed by atoms with van der Waals surface area (Å²) in [6.07, 6.45) is -0.549. The molecule has 0 aliphatic rings. The highest BCUT2D eigenvalue weighted by atomic mass is 16.5. The highest BCUT2D eigenvalue weighted by Crippen LogP contribution is 2.20. The molecule has 6 heteroatoms. The number of Topliss-reactive ketones (excluding diaryl/α,β-unsaturated/α-hetero) is 1. The summed E-state index contributed by atoms with van der Waals surface area (Å²) >= 11 is 0. The van der Waals surface area contributed by atoms with Crippen molar-refractivity contribution >= 4 is 17.7 Å². The fourth-order valence-corrected chi connectivity index (χ4v) is 2.11. The molecule has 0 saturated carbocycles. The van der Waals surface area contributed by atoms with Crippen LogP contribution >= 0.6 is 0 Å². The van der Waals surface area contributed by atoms with Crippen LogP contribution in [0.4, 0.5) is 0 Å². The van der Waals surface area contributed by atoms with Gasteiger partial charge in [-0.05, 0) is 18.9 Å². The maximum Gasteiger partial charge on any atom is 0.332 e. The van der Waals surface area contributed by atoms with Gasteiger partial charge in [-0.25, -0.2) is 4.79 Å². The molecule has 0 bridgehead atoms. The van der Waals surface area contributed by atoms with Gasteiger partial charge in [0, 0.05) is 24.2 Å². The van der Waals surface area contributed by atoms with Crippen molar-refractivity contribution in [1.82, 2.24) is 0 Å². The van der Waals surface area contributed by atoms with E-state index < -0.39 is 18.4 Å². The Morgan fingerprint density at radius 1 is 1.04 bits per heavy atom. The zero-order valence-electron chi connectivity index (χ0n) is 12.9. The molecule has 0 unspecified atom stereocenters. The normalized spacial score (nSPS) is 11.7. The molecule has 2 N–H and O–H groups in total. The van der Waals surface area contributed by atoms with Crippen LogP contribution in [0, 0.1) is 0 Å². The summed E-state index contributed by atoms with van der Waals surface area (Å²) in [6, 6.07) is 8.48. The van der Waals surface area contributed by atoms with Crippen LogP contribution in [0.5, 0.6) is 0 Å². The fourth-order valence-electron chi connectivity index (χ4n) is 2.11. The second-order valence-electron chi connectivity index (χ2n) is 4.87. The zero-order valence-corrected chi connectivity index (χ0v) is 12.9. The molecule has 1 aromatic carbocycles. The maximum atomic E-state index is 12.3. The third-order valence-electron chi connectivity index (χ3n) is 3.23. The lowest BCUT2D eigenvalue weighted by Crippen LogP contribution is -2.14. The monoisotopic (exact) mass is 320 g/mol. The zero-order chi connectivity index (χ0) is 17.2. The van der Waals surface area contributed by atoms with Crippen LogP contribution in [0.25, 0.3) is 0 Å². The van der Waals surface area contributed by atoms with E-state index in [9.17, 15) is 19.5 Å². The molecule has 0 saturated heterocycles. The molecule has 0 spiro atoms. The van der Waals surface area contributed by atoms with Crippen molar-refractivity contribution in [3.63, 3.8) is 0 Å². The van der Waals surface area contributed by atoms with E-state index in [0.29, 0.717) is 17.7 Å². The Morgan fingerprint density at radius 3 is 2.22 bits per heavy atom. The van der Waals surface area contributed by atoms with Gasteiger partial charge in [0.15, 0.2) is 5.78 Å². The first-order valence-corrected chi connectivity index (χ1v) is 7.27. The largest absolute Gasteiger partial charge is 0.481 e. The predicted octanol–water partition coefficient (Wildman–Crippen LogP) is 2.54. The average Bonchev–Trinajstić information content (AvgIpc) is 2.52. The molecule has 0 fully saturated rings. The fraction of sp³-hybridized carbons (Fsp3) is 0.353. The molecule has 0 aromatic heterocycles. The minimum Gasteiger partial charge on any atom is -0.481 e. The molecule has 0 atom stereocenters. The lowest BCUT2D eigenvalue weighted by atomic mass is 9.95. The molecular weight excluding hydrogens is 300 g/mol. The standard InChI is InChI=1S/C17H20O6/c1-2-23-9-8-13(14(17(21)22)11-16(19)20)10-15(18)12-6-4-3-5-7-12/h3-7H,2,8-11H2,1H3,(H,19,20)(H,21,22). The van der Waals surface area contributed by atoms with Crippen molar-refractivity contribution in [2.45, 2.75) is 26.2 Å². The topological polar surface area (TPSA) is 101 Å². The van der Waals surface area contributed by atoms with Crippen molar-refractivity contribution in [3.05, 3.63) is 47.0 Å². The van der Waals surface area contributed by atoms with E-state index >= 15 is 0 Å². The van der Waals surface area contributed by atoms with Crippen LogP contribution in [-0.2, 0) is 14.3 Å². The number of carboxylic acids is 2. The lowest BCUT2D eigenvalue weighted by molar-refractivity contribution is -0.139. The quantitative estimate of drug-likeness (QED) is 0.390. The van der Waals surface area contributed by atoms with E-state index in [1.165, 1.54) is 0 Å². The number of ether oxygens (including phenoxy) is 1. The molecule has 6 nitrogen and oxygen atoms in total. The van der Waals surface area contributed by atoms with E-state index in [-0.39, 0.29) is 30.8 Å². The minimum absolute atomic E-state index is 0.133. The number of rotatable bonds is 10. The van der Waals surface area contributed by atoms with Crippen LogP contribution < -0.4 is 0 Å². The third kappa shape index (κ3) is 6.44. The highest BCUT2D eigenvalue weighted by Gasteiger charge is 2.20. The van der Waals surface area contributed by atoms with Crippen LogP contribution in [-0.4, -0.2) is 41.1 Å². The summed E-state index contributed by atoms with van der Waals surface area (Å²) in [4.78, 5) is 34.5. The first-order chi connectivity index (χ1) is 11.0. The maximum absolute atomic E-state index is 12.3. The number of carbonyl (C=O) groups is 3. The van der Waals surface area contributed by atoms with Crippen LogP contribution in [0.15, 0.2) is 41.5 Å². The van der Waals surface area contributed by atoms with Gasteiger partial charge in [0.1, 0.15) is 0 Å². The number of ketones is 1. The van der Waals surface area contributed by atoms with Crippen LogP contribution in [0.3, 0.4) is 0 Å². The molecule has 1 rings (SSSR count). The molecule has 0 heterocycles. The summed E-state index contributed by atoms with van der Waals surface area (Å²) in [5.74, 6) is -2.82. The van der Waals surface area contributed by atoms with Crippen molar-refractivity contribution in [3.8, 4) is 0 Å². The average molecular weight is 320 g/mol. The van der Waals surface area contributed by atoms with Crippen LogP contribution in [0.2, 0.25) is 0 Å². The van der Waals surface area contributed by atoms with E-state index in [0.717, 1.165) is 0 Å². The van der Waals surface area contributed by atoms with Gasteiger partial charge < -0.3 is 14.9 Å². The van der Waals surface area contributed by atoms with E-state index in [4.69, 9.17) is 9.84 Å². The Hall–Kier alpha value is -2.47. The number of hydrogen-bond acceptors (Lipinski definition) is 4. The number of aliphatic carboxylic acids is 2. The Bertz CT molecular complexity index is 588. The van der Waals surface area contributed by atoms with Crippen molar-refractivity contribution in [2.24, 2.45) is 0 Å². The van der Waals surface area contributed by atoms with Crippen LogP contribution in [0.1, 0.15) is 36.5 Å². The Kier molecular flexibility index (Phi) is 7.70. The second kappa shape index (κ2) is 9.53. The number of carboxylic acid groups (broad SMARTS) is 2. The Labute approximate surface area is 134 Å². The van der Waals surface area contributed by atoms with Gasteiger partial charge in [-0.3, -0.25) is 9.59 Å². The van der Waals surface area contributed by atoms with Crippen molar-refractivity contribution < 1.29 is 29.3 Å². The van der Waals surface area contributed by atoms with Gasteiger partial charge in [0.2, 0.25) is 0 Å². The third-order valence-corrected chi connectivity index (χ3v) is 3.23. The van der Waals surface area contributed by atoms with Gasteiger partial charge >= 0.3 is 11.9 Å². The summed E-state index contributed by atoms with van der Waals surface area (Å²) in [7, 11) is 0. The number of hydrogen-bond donors (Lipinski definition) is 2. The van der Waals surface area contributed by atoms with Gasteiger partial charge in [-0.15, -0.1) is 0 Å². The molecule has 0 aliphatic carbocycles. The van der Waals surface area contributed by atoms with Gasteiger partial charge in [-0.2, -0.15) is 0 Å². The number of benzene rings is 1. The molecule has 0 amide bonds. The van der Waals surface area contributed by atoms with Crippen molar-refractivity contribution in [2.75, 3.05) is 13.2 Å². The molecule has 23 heavy (non-hydrogen) atoms. The molecule has 124 valence electrons. The minimum atomic E-state index is -1.32. The molecule has 1 aromatic rings. The first kappa shape index (κ1) is 18.6. The molecule has 0 radical (unpaired) electrons. The predicted molar refractivity (Wildman–Crippen MR) is 83.4 cm³/mol. The summed E-state index contributed by atoms with van der Waals surface area (Å²) in [5.41, 5.74) is 0.505. The molecular formula is C17H20O6. The first-order valence-electron chi connectivity index (χ1n) is 7.27. The summed E-state index contributed by atoms with van der Waals surface area (Å²) < 4.78 is 5.20. The SMILES string of the molecule is CCOCCC(CC(=O)c1ccccc1)=C(CC(=O)O)C(=O)O. The number of carbonyl (C=O) groups excluding carboxylic acids is 1. The van der Waals surface area contributed by atoms with Gasteiger partial charge in [0.25, 0.3) is 0 Å². The molecule has 0 aliphatic heterocycles. The van der Waals surface area contributed by atoms with Gasteiger partial charge in [-0.1, -0.05) is 30.3 Å². The van der Waals surface area contributed by atoms with E-state index in [1.54, 1.807) is 37.3 Å². The summed E-state index contributed by atoms with van der Waals surface area (Å²) in [6.45, 7) is 2.50. The van der Waals surface area contributed by atoms with E-state index in [2.05, 4.69) is 0 Å².